The lowest BCUT2D eigenvalue weighted by atomic mass is 9.93. The molecular formula is C10H14N2OS. The van der Waals surface area contributed by atoms with Crippen LogP contribution in [0.25, 0.3) is 0 Å². The molecule has 0 amide bonds. The Balaban J connectivity index is 2.02. The molecule has 76 valence electrons. The van der Waals surface area contributed by atoms with Crippen LogP contribution >= 0.6 is 11.3 Å². The molecule has 0 bridgehead atoms. The van der Waals surface area contributed by atoms with E-state index in [-0.39, 0.29) is 11.3 Å². The van der Waals surface area contributed by atoms with Gasteiger partial charge in [-0.25, -0.2) is 4.98 Å². The lowest BCUT2D eigenvalue weighted by Crippen LogP contribution is -2.45. The number of thiazole rings is 1. The Morgan fingerprint density at radius 2 is 2.64 bits per heavy atom. The molecule has 1 atom stereocenters. The van der Waals surface area contributed by atoms with Gasteiger partial charge in [0, 0.05) is 11.6 Å². The van der Waals surface area contributed by atoms with E-state index in [1.807, 2.05) is 12.3 Å². The van der Waals surface area contributed by atoms with Crippen molar-refractivity contribution in [2.45, 2.75) is 31.7 Å². The predicted molar refractivity (Wildman–Crippen MR) is 56.5 cm³/mol. The van der Waals surface area contributed by atoms with Gasteiger partial charge in [0.1, 0.15) is 0 Å². The van der Waals surface area contributed by atoms with Gasteiger partial charge in [-0.05, 0) is 26.3 Å². The summed E-state index contributed by atoms with van der Waals surface area (Å²) in [7, 11) is 0. The summed E-state index contributed by atoms with van der Waals surface area (Å²) in [5, 5.41) is 6.10. The van der Waals surface area contributed by atoms with Crippen molar-refractivity contribution in [2.24, 2.45) is 0 Å². The van der Waals surface area contributed by atoms with Gasteiger partial charge in [0.2, 0.25) is 0 Å². The maximum Gasteiger partial charge on any atom is 0.159 e. The van der Waals surface area contributed by atoms with Crippen LogP contribution < -0.4 is 5.32 Å². The van der Waals surface area contributed by atoms with Crippen molar-refractivity contribution >= 4 is 17.1 Å². The normalized spacial score (nSPS) is 26.6. The van der Waals surface area contributed by atoms with Crippen molar-refractivity contribution in [3.05, 3.63) is 16.6 Å². The zero-order valence-corrected chi connectivity index (χ0v) is 9.06. The van der Waals surface area contributed by atoms with Gasteiger partial charge in [-0.2, -0.15) is 0 Å². The smallest absolute Gasteiger partial charge is 0.159 e. The second-order valence-electron chi connectivity index (χ2n) is 3.89. The molecule has 1 aliphatic heterocycles. The fourth-order valence-corrected chi connectivity index (χ4v) is 2.42. The Morgan fingerprint density at radius 3 is 3.21 bits per heavy atom. The minimum absolute atomic E-state index is 0.268. The summed E-state index contributed by atoms with van der Waals surface area (Å²) < 4.78 is 0. The molecule has 1 aliphatic rings. The summed E-state index contributed by atoms with van der Waals surface area (Å²) in [5.41, 5.74) is -0.300. The fourth-order valence-electron chi connectivity index (χ4n) is 1.81. The number of Topliss-reactive ketones (excluding diaryl/α,β-unsaturated/α-hetero) is 1. The molecule has 0 aromatic carbocycles. The molecule has 1 fully saturated rings. The first kappa shape index (κ1) is 9.80. The van der Waals surface area contributed by atoms with Crippen LogP contribution in [0.3, 0.4) is 0 Å². The highest BCUT2D eigenvalue weighted by Gasteiger charge is 2.35. The van der Waals surface area contributed by atoms with Crippen LogP contribution in [0.15, 0.2) is 11.6 Å². The van der Waals surface area contributed by atoms with E-state index in [1.165, 1.54) is 0 Å². The highest BCUT2D eigenvalue weighted by Crippen LogP contribution is 2.21. The fraction of sp³-hybridized carbons (Fsp3) is 0.600. The zero-order chi connectivity index (χ0) is 10.0. The number of hydrogen-bond donors (Lipinski definition) is 1. The molecule has 1 N–H and O–H groups in total. The molecule has 0 saturated carbocycles. The van der Waals surface area contributed by atoms with Crippen molar-refractivity contribution in [1.82, 2.24) is 10.3 Å². The zero-order valence-electron chi connectivity index (χ0n) is 8.25. The molecule has 3 nitrogen and oxygen atoms in total. The van der Waals surface area contributed by atoms with Gasteiger partial charge in [-0.15, -0.1) is 11.3 Å². The number of nitrogens with zero attached hydrogens (tertiary/aromatic N) is 1. The van der Waals surface area contributed by atoms with Crippen LogP contribution in [0.2, 0.25) is 0 Å². The first-order chi connectivity index (χ1) is 6.71. The van der Waals surface area contributed by atoms with Crippen LogP contribution in [0.5, 0.6) is 0 Å². The summed E-state index contributed by atoms with van der Waals surface area (Å²) in [6.45, 7) is 2.95. The lowest BCUT2D eigenvalue weighted by molar-refractivity contribution is -0.123. The van der Waals surface area contributed by atoms with E-state index in [2.05, 4.69) is 10.3 Å². The maximum absolute atomic E-state index is 11.9. The van der Waals surface area contributed by atoms with E-state index in [4.69, 9.17) is 0 Å². The number of nitrogens with one attached hydrogen (secondary N) is 1. The van der Waals surface area contributed by atoms with Crippen molar-refractivity contribution in [3.63, 3.8) is 0 Å². The number of carbonyl (C=O) groups is 1. The molecule has 1 unspecified atom stereocenters. The Morgan fingerprint density at radius 1 is 1.79 bits per heavy atom. The van der Waals surface area contributed by atoms with Gasteiger partial charge in [-0.1, -0.05) is 0 Å². The molecule has 0 spiro atoms. The average Bonchev–Trinajstić information content (AvgIpc) is 2.76. The third-order valence-corrected chi connectivity index (χ3v) is 3.56. The van der Waals surface area contributed by atoms with Crippen LogP contribution in [-0.2, 0) is 11.2 Å². The van der Waals surface area contributed by atoms with E-state index < -0.39 is 0 Å². The molecule has 0 radical (unpaired) electrons. The van der Waals surface area contributed by atoms with Crippen molar-refractivity contribution in [3.8, 4) is 0 Å². The van der Waals surface area contributed by atoms with E-state index >= 15 is 0 Å². The van der Waals surface area contributed by atoms with E-state index in [1.54, 1.807) is 17.5 Å². The molecule has 1 aromatic rings. The number of aromatic nitrogens is 1. The summed E-state index contributed by atoms with van der Waals surface area (Å²) in [6.07, 6.45) is 4.27. The van der Waals surface area contributed by atoms with Crippen LogP contribution in [0.4, 0.5) is 0 Å². The van der Waals surface area contributed by atoms with Gasteiger partial charge in [0.15, 0.2) is 5.78 Å². The minimum atomic E-state index is -0.300. The Kier molecular flexibility index (Phi) is 2.65. The number of rotatable bonds is 3. The van der Waals surface area contributed by atoms with Crippen molar-refractivity contribution in [1.29, 1.82) is 0 Å². The molecular weight excluding hydrogens is 196 g/mol. The Hall–Kier alpha value is -0.740. The molecule has 4 heteroatoms. The van der Waals surface area contributed by atoms with Crippen LogP contribution in [0.1, 0.15) is 24.8 Å². The minimum Gasteiger partial charge on any atom is -0.305 e. The van der Waals surface area contributed by atoms with Gasteiger partial charge < -0.3 is 5.32 Å². The number of hydrogen-bond acceptors (Lipinski definition) is 4. The first-order valence-electron chi connectivity index (χ1n) is 4.87. The van der Waals surface area contributed by atoms with Gasteiger partial charge in [0.25, 0.3) is 0 Å². The quantitative estimate of drug-likeness (QED) is 0.820. The maximum atomic E-state index is 11.9. The highest BCUT2D eigenvalue weighted by molar-refractivity contribution is 7.09. The van der Waals surface area contributed by atoms with E-state index in [0.29, 0.717) is 6.42 Å². The van der Waals surface area contributed by atoms with Crippen molar-refractivity contribution in [2.75, 3.05) is 6.54 Å². The summed E-state index contributed by atoms with van der Waals surface area (Å²) >= 11 is 1.55. The molecule has 14 heavy (non-hydrogen) atoms. The largest absolute Gasteiger partial charge is 0.305 e. The first-order valence-corrected chi connectivity index (χ1v) is 5.75. The Labute approximate surface area is 87.6 Å². The Bertz CT molecular complexity index is 315. The number of carbonyl (C=O) groups excluding carboxylic acids is 1. The van der Waals surface area contributed by atoms with Crippen LogP contribution in [0, 0.1) is 0 Å². The average molecular weight is 210 g/mol. The van der Waals surface area contributed by atoms with E-state index in [0.717, 1.165) is 24.4 Å². The standard InChI is InChI=1S/C10H14N2OS/c1-10(3-2-4-12-10)8(13)7-9-11-5-6-14-9/h5-6,12H,2-4,7H2,1H3. The molecule has 2 heterocycles. The van der Waals surface area contributed by atoms with Crippen molar-refractivity contribution < 1.29 is 4.79 Å². The monoisotopic (exact) mass is 210 g/mol. The predicted octanol–water partition coefficient (Wildman–Crippen LogP) is 1.40. The summed E-state index contributed by atoms with van der Waals surface area (Å²) in [6, 6.07) is 0. The van der Waals surface area contributed by atoms with Gasteiger partial charge >= 0.3 is 0 Å². The third kappa shape index (κ3) is 1.86. The molecule has 1 saturated heterocycles. The molecule has 0 aliphatic carbocycles. The second-order valence-corrected chi connectivity index (χ2v) is 4.87. The molecule has 1 aromatic heterocycles. The highest BCUT2D eigenvalue weighted by atomic mass is 32.1. The number of ketones is 1. The lowest BCUT2D eigenvalue weighted by Gasteiger charge is -2.21. The summed E-state index contributed by atoms with van der Waals surface area (Å²) in [5.74, 6) is 0.268. The van der Waals surface area contributed by atoms with Crippen LogP contribution in [-0.4, -0.2) is 22.9 Å². The second kappa shape index (κ2) is 3.79. The molecule has 2 rings (SSSR count). The SMILES string of the molecule is CC1(C(=O)Cc2nccs2)CCCN1. The topological polar surface area (TPSA) is 42.0 Å². The van der Waals surface area contributed by atoms with Gasteiger partial charge in [0.05, 0.1) is 17.0 Å². The third-order valence-electron chi connectivity index (χ3n) is 2.78. The summed E-state index contributed by atoms with van der Waals surface area (Å²) in [4.78, 5) is 16.1. The van der Waals surface area contributed by atoms with Gasteiger partial charge in [-0.3, -0.25) is 4.79 Å². The van der Waals surface area contributed by atoms with E-state index in [9.17, 15) is 4.79 Å².